The Hall–Kier alpha value is -1.79. The summed E-state index contributed by atoms with van der Waals surface area (Å²) < 4.78 is 0. The molecule has 0 bridgehead atoms. The van der Waals surface area contributed by atoms with E-state index in [1.807, 2.05) is 0 Å². The Morgan fingerprint density at radius 3 is 0.682 bits per heavy atom. The van der Waals surface area contributed by atoms with Crippen LogP contribution in [0.3, 0.4) is 0 Å². The molecule has 0 amide bonds. The van der Waals surface area contributed by atoms with E-state index in [2.05, 4.69) is 20.8 Å². The van der Waals surface area contributed by atoms with Crippen LogP contribution in [0.25, 0.3) is 0 Å². The fourth-order valence-electron chi connectivity index (χ4n) is 0.833. The summed E-state index contributed by atoms with van der Waals surface area (Å²) in [5.74, 6) is -1.31. The van der Waals surface area contributed by atoms with Gasteiger partial charge in [-0.05, 0) is 20.8 Å². The molecular weight excluding hydrogens is 327 g/mol. The fraction of sp³-hybridized carbons (Fsp3) is 0.400. The molecule has 0 aromatic carbocycles. The summed E-state index contributed by atoms with van der Waals surface area (Å²) >= 11 is 0. The average Bonchev–Trinajstić information content (AvgIpc) is 2.10. The van der Waals surface area contributed by atoms with Gasteiger partial charge in [0, 0.05) is 55.2 Å². The standard InChI is InChI=1S/3C5H7O2.V/c3*1-4(6)3-5(2)7;/h3*1,3H2,2H3;/q3*-1;. The average molecular weight is 348 g/mol. The number of Topliss-reactive ketones (excluding diaryl/α,β-unsaturated/α-hetero) is 6. The molecule has 125 valence electrons. The number of carbonyl (C=O) groups excluding carboxylic acids is 6. The molecule has 0 atom stereocenters. The van der Waals surface area contributed by atoms with Gasteiger partial charge in [-0.15, -0.1) is 0 Å². The zero-order valence-corrected chi connectivity index (χ0v) is 14.5. The van der Waals surface area contributed by atoms with Gasteiger partial charge >= 0.3 is 0 Å². The zero-order chi connectivity index (χ0) is 17.6. The zero-order valence-electron chi connectivity index (χ0n) is 13.1. The van der Waals surface area contributed by atoms with Crippen LogP contribution >= 0.6 is 0 Å². The van der Waals surface area contributed by atoms with E-state index in [1.165, 1.54) is 20.8 Å². The van der Waals surface area contributed by atoms with E-state index in [9.17, 15) is 28.8 Å². The third-order valence-electron chi connectivity index (χ3n) is 1.34. The summed E-state index contributed by atoms with van der Waals surface area (Å²) in [5.41, 5.74) is 0. The second-order valence-corrected chi connectivity index (χ2v) is 4.25. The molecule has 0 heterocycles. The van der Waals surface area contributed by atoms with Crippen molar-refractivity contribution in [1.29, 1.82) is 0 Å². The third-order valence-corrected chi connectivity index (χ3v) is 1.34. The quantitative estimate of drug-likeness (QED) is 0.526. The van der Waals surface area contributed by atoms with Gasteiger partial charge in [-0.25, -0.2) is 0 Å². The SMILES string of the molecule is [CH2-]C(=O)CC(C)=O.[CH2-]C(=O)CC(C)=O.[CH2-]C(=O)CC(C)=O.[V]. The van der Waals surface area contributed by atoms with Crippen molar-refractivity contribution in [1.82, 2.24) is 0 Å². The van der Waals surface area contributed by atoms with Gasteiger partial charge in [-0.3, -0.25) is 14.4 Å². The van der Waals surface area contributed by atoms with Gasteiger partial charge in [-0.1, -0.05) is 0 Å². The van der Waals surface area contributed by atoms with Crippen LogP contribution in [0.1, 0.15) is 40.0 Å². The van der Waals surface area contributed by atoms with Crippen molar-refractivity contribution < 1.29 is 47.3 Å². The maximum absolute atomic E-state index is 9.99. The monoisotopic (exact) mass is 348 g/mol. The van der Waals surface area contributed by atoms with Crippen molar-refractivity contribution in [3.05, 3.63) is 20.8 Å². The molecule has 0 N–H and O–H groups in total. The van der Waals surface area contributed by atoms with Gasteiger partial charge in [0.25, 0.3) is 0 Å². The molecule has 22 heavy (non-hydrogen) atoms. The smallest absolute Gasteiger partial charge is 0.134 e. The van der Waals surface area contributed by atoms with E-state index in [0.29, 0.717) is 0 Å². The number of rotatable bonds is 6. The summed E-state index contributed by atoms with van der Waals surface area (Å²) in [4.78, 5) is 59.7. The molecule has 0 saturated carbocycles. The van der Waals surface area contributed by atoms with Crippen LogP contribution in [0, 0.1) is 20.8 Å². The molecule has 0 aromatic heterocycles. The first kappa shape index (κ1) is 28.4. The Labute approximate surface area is 143 Å². The van der Waals surface area contributed by atoms with E-state index >= 15 is 0 Å². The van der Waals surface area contributed by atoms with Gasteiger partial charge in [0.2, 0.25) is 0 Å². The number of hydrogen-bond donors (Lipinski definition) is 0. The maximum Gasteiger partial charge on any atom is 0.134 e. The first-order valence-corrected chi connectivity index (χ1v) is 5.91. The molecule has 0 aliphatic rings. The van der Waals surface area contributed by atoms with Crippen molar-refractivity contribution in [3.63, 3.8) is 0 Å². The van der Waals surface area contributed by atoms with E-state index < -0.39 is 0 Å². The minimum atomic E-state index is -0.312. The molecule has 0 spiro atoms. The van der Waals surface area contributed by atoms with Crippen LogP contribution in [0.4, 0.5) is 0 Å². The molecule has 0 aliphatic heterocycles. The van der Waals surface area contributed by atoms with Gasteiger partial charge in [-0.2, -0.15) is 0 Å². The summed E-state index contributed by atoms with van der Waals surface area (Å²) in [6, 6.07) is 0. The van der Waals surface area contributed by atoms with Crippen LogP contribution in [0.5, 0.6) is 0 Å². The summed E-state index contributed by atoms with van der Waals surface area (Å²) in [6.45, 7) is 13.1. The predicted molar refractivity (Wildman–Crippen MR) is 77.0 cm³/mol. The summed E-state index contributed by atoms with van der Waals surface area (Å²) in [7, 11) is 0. The van der Waals surface area contributed by atoms with Crippen LogP contribution in [-0.2, 0) is 47.3 Å². The second-order valence-electron chi connectivity index (χ2n) is 4.25. The van der Waals surface area contributed by atoms with E-state index in [0.717, 1.165) is 0 Å². The van der Waals surface area contributed by atoms with E-state index in [4.69, 9.17) is 0 Å². The Bertz CT molecular complexity index is 314. The van der Waals surface area contributed by atoms with Crippen molar-refractivity contribution in [2.45, 2.75) is 40.0 Å². The first-order chi connectivity index (χ1) is 9.38. The van der Waals surface area contributed by atoms with Crippen molar-refractivity contribution in [2.24, 2.45) is 0 Å². The van der Waals surface area contributed by atoms with Gasteiger partial charge in [0.05, 0.1) is 0 Å². The van der Waals surface area contributed by atoms with Gasteiger partial charge < -0.3 is 35.2 Å². The van der Waals surface area contributed by atoms with Crippen molar-refractivity contribution in [2.75, 3.05) is 0 Å². The maximum atomic E-state index is 9.99. The number of carbonyl (C=O) groups is 6. The Morgan fingerprint density at radius 1 is 0.545 bits per heavy atom. The fourth-order valence-corrected chi connectivity index (χ4v) is 0.833. The third kappa shape index (κ3) is 51.7. The molecule has 1 radical (unpaired) electrons. The van der Waals surface area contributed by atoms with Crippen molar-refractivity contribution in [3.8, 4) is 0 Å². The molecule has 0 saturated heterocycles. The molecule has 6 nitrogen and oxygen atoms in total. The predicted octanol–water partition coefficient (Wildman–Crippen LogP) is 1.10. The van der Waals surface area contributed by atoms with Crippen molar-refractivity contribution >= 4 is 34.7 Å². The van der Waals surface area contributed by atoms with Gasteiger partial charge in [0.1, 0.15) is 17.3 Å². The molecule has 0 aromatic rings. The number of ketones is 6. The normalized spacial score (nSPS) is 7.77. The molecule has 0 unspecified atom stereocenters. The molecule has 7 heteroatoms. The van der Waals surface area contributed by atoms with Crippen LogP contribution in [0.15, 0.2) is 0 Å². The van der Waals surface area contributed by atoms with Crippen LogP contribution < -0.4 is 0 Å². The Balaban J connectivity index is -0.000000108. The van der Waals surface area contributed by atoms with E-state index in [1.54, 1.807) is 0 Å². The Morgan fingerprint density at radius 2 is 0.682 bits per heavy atom. The first-order valence-electron chi connectivity index (χ1n) is 5.91. The minimum absolute atomic E-state index is 0. The summed E-state index contributed by atoms with van der Waals surface area (Å²) in [5, 5.41) is 0. The molecule has 0 rings (SSSR count). The second kappa shape index (κ2) is 17.3. The van der Waals surface area contributed by atoms with Crippen LogP contribution in [-0.4, -0.2) is 34.7 Å². The van der Waals surface area contributed by atoms with Gasteiger partial charge in [0.15, 0.2) is 0 Å². The molecule has 0 aliphatic carbocycles. The topological polar surface area (TPSA) is 102 Å². The number of hydrogen-bond acceptors (Lipinski definition) is 6. The van der Waals surface area contributed by atoms with Crippen LogP contribution in [0.2, 0.25) is 0 Å². The van der Waals surface area contributed by atoms with E-state index in [-0.39, 0.29) is 72.5 Å². The molecule has 0 fully saturated rings. The summed E-state index contributed by atoms with van der Waals surface area (Å²) in [6.07, 6.45) is -0.0833. The Kier molecular flexibility index (Phi) is 22.3. The minimum Gasteiger partial charge on any atom is -0.339 e. The largest absolute Gasteiger partial charge is 0.339 e. The molecular formula is C15H21O6V-3.